The number of halogens is 1. The average Bonchev–Trinajstić information content (AvgIpc) is 3.24. The van der Waals surface area contributed by atoms with E-state index in [-0.39, 0.29) is 24.4 Å². The lowest BCUT2D eigenvalue weighted by Gasteiger charge is -2.33. The Kier molecular flexibility index (Phi) is 7.52. The number of carbonyl (C=O) groups is 1. The maximum absolute atomic E-state index is 12.1. The van der Waals surface area contributed by atoms with Gasteiger partial charge in [-0.25, -0.2) is 0 Å². The Bertz CT molecular complexity index is 515. The summed E-state index contributed by atoms with van der Waals surface area (Å²) in [5.41, 5.74) is 1.28. The molecular formula is C17H30ClN5O. The summed E-state index contributed by atoms with van der Waals surface area (Å²) in [6.45, 7) is 7.99. The molecule has 2 atom stereocenters. The van der Waals surface area contributed by atoms with Crippen LogP contribution in [0.1, 0.15) is 38.3 Å². The molecule has 2 N–H and O–H groups in total. The predicted molar refractivity (Wildman–Crippen MR) is 97.2 cm³/mol. The fourth-order valence-corrected chi connectivity index (χ4v) is 3.75. The standard InChI is InChI=1S/C17H29N5O.ClH/c1-2-22-15(7-9-20-22)13-21-10-4-5-14(12-21)11-19-17(23)16-6-3-8-18-16;/h7,9,14,16,18H,2-6,8,10-13H2,1H3,(H,19,23);1H. The van der Waals surface area contributed by atoms with Crippen LogP contribution in [0.4, 0.5) is 0 Å². The van der Waals surface area contributed by atoms with Crippen molar-refractivity contribution in [2.24, 2.45) is 5.92 Å². The van der Waals surface area contributed by atoms with Gasteiger partial charge in [-0.1, -0.05) is 0 Å². The average molecular weight is 356 g/mol. The van der Waals surface area contributed by atoms with E-state index < -0.39 is 0 Å². The summed E-state index contributed by atoms with van der Waals surface area (Å²) < 4.78 is 2.07. The third-order valence-electron chi connectivity index (χ3n) is 5.03. The second-order valence-electron chi connectivity index (χ2n) is 6.78. The number of carbonyl (C=O) groups excluding carboxylic acids is 1. The third kappa shape index (κ3) is 4.94. The monoisotopic (exact) mass is 355 g/mol. The molecule has 24 heavy (non-hydrogen) atoms. The molecule has 2 aliphatic heterocycles. The van der Waals surface area contributed by atoms with Gasteiger partial charge in [0.2, 0.25) is 5.91 Å². The fraction of sp³-hybridized carbons (Fsp3) is 0.765. The van der Waals surface area contributed by atoms with Gasteiger partial charge in [-0.3, -0.25) is 14.4 Å². The molecule has 3 rings (SSSR count). The molecule has 2 unspecified atom stereocenters. The smallest absolute Gasteiger partial charge is 0.237 e. The first-order valence-corrected chi connectivity index (χ1v) is 9.00. The minimum absolute atomic E-state index is 0. The van der Waals surface area contributed by atoms with E-state index in [1.807, 2.05) is 6.20 Å². The van der Waals surface area contributed by atoms with Crippen LogP contribution in [0.3, 0.4) is 0 Å². The van der Waals surface area contributed by atoms with Gasteiger partial charge in [0.25, 0.3) is 0 Å². The number of hydrogen-bond donors (Lipinski definition) is 2. The number of nitrogens with one attached hydrogen (secondary N) is 2. The highest BCUT2D eigenvalue weighted by Gasteiger charge is 2.25. The Morgan fingerprint density at radius 3 is 3.04 bits per heavy atom. The van der Waals surface area contributed by atoms with Gasteiger partial charge in [0.1, 0.15) is 0 Å². The van der Waals surface area contributed by atoms with Crippen molar-refractivity contribution in [1.29, 1.82) is 0 Å². The zero-order valence-corrected chi connectivity index (χ0v) is 15.4. The molecule has 3 heterocycles. The summed E-state index contributed by atoms with van der Waals surface area (Å²) >= 11 is 0. The molecule has 0 aliphatic carbocycles. The maximum Gasteiger partial charge on any atom is 0.237 e. The van der Waals surface area contributed by atoms with Crippen molar-refractivity contribution in [2.45, 2.75) is 51.7 Å². The highest BCUT2D eigenvalue weighted by molar-refractivity contribution is 5.85. The number of aromatic nitrogens is 2. The van der Waals surface area contributed by atoms with E-state index in [0.717, 1.165) is 52.1 Å². The van der Waals surface area contributed by atoms with Crippen molar-refractivity contribution >= 4 is 18.3 Å². The highest BCUT2D eigenvalue weighted by Crippen LogP contribution is 2.18. The van der Waals surface area contributed by atoms with Crippen LogP contribution < -0.4 is 10.6 Å². The van der Waals surface area contributed by atoms with Crippen LogP contribution in [0.2, 0.25) is 0 Å². The molecule has 0 radical (unpaired) electrons. The van der Waals surface area contributed by atoms with Crippen molar-refractivity contribution < 1.29 is 4.79 Å². The molecule has 6 nitrogen and oxygen atoms in total. The van der Waals surface area contributed by atoms with Crippen LogP contribution in [-0.4, -0.2) is 52.8 Å². The van der Waals surface area contributed by atoms with Gasteiger partial charge >= 0.3 is 0 Å². The van der Waals surface area contributed by atoms with Gasteiger partial charge in [-0.2, -0.15) is 5.10 Å². The Hall–Kier alpha value is -1.11. The summed E-state index contributed by atoms with van der Waals surface area (Å²) in [6, 6.07) is 2.15. The third-order valence-corrected chi connectivity index (χ3v) is 5.03. The quantitative estimate of drug-likeness (QED) is 0.809. The second-order valence-corrected chi connectivity index (χ2v) is 6.78. The van der Waals surface area contributed by atoms with Crippen LogP contribution in [0, 0.1) is 5.92 Å². The van der Waals surface area contributed by atoms with Gasteiger partial charge in [-0.15, -0.1) is 12.4 Å². The number of nitrogens with zero attached hydrogens (tertiary/aromatic N) is 3. The first kappa shape index (κ1) is 19.2. The molecule has 7 heteroatoms. The minimum Gasteiger partial charge on any atom is -0.354 e. The van der Waals surface area contributed by atoms with Crippen LogP contribution in [-0.2, 0) is 17.9 Å². The Labute approximate surface area is 150 Å². The molecule has 0 bridgehead atoms. The van der Waals surface area contributed by atoms with Crippen LogP contribution in [0.15, 0.2) is 12.3 Å². The zero-order valence-electron chi connectivity index (χ0n) is 14.5. The van der Waals surface area contributed by atoms with Crippen LogP contribution in [0.5, 0.6) is 0 Å². The molecule has 136 valence electrons. The Balaban J connectivity index is 0.00000208. The molecule has 2 saturated heterocycles. The van der Waals surface area contributed by atoms with Gasteiger partial charge in [0.15, 0.2) is 0 Å². The largest absolute Gasteiger partial charge is 0.354 e. The van der Waals surface area contributed by atoms with E-state index in [0.29, 0.717) is 5.92 Å². The summed E-state index contributed by atoms with van der Waals surface area (Å²) in [6.07, 6.45) is 6.39. The topological polar surface area (TPSA) is 62.2 Å². The van der Waals surface area contributed by atoms with E-state index >= 15 is 0 Å². The minimum atomic E-state index is 0. The lowest BCUT2D eigenvalue weighted by atomic mass is 9.97. The molecule has 2 fully saturated rings. The highest BCUT2D eigenvalue weighted by atomic mass is 35.5. The molecule has 0 spiro atoms. The molecule has 0 saturated carbocycles. The van der Waals surface area contributed by atoms with Crippen molar-refractivity contribution in [3.8, 4) is 0 Å². The normalized spacial score (nSPS) is 24.5. The molecule has 1 aromatic heterocycles. The first-order valence-electron chi connectivity index (χ1n) is 9.00. The van der Waals surface area contributed by atoms with E-state index in [2.05, 4.69) is 38.3 Å². The van der Waals surface area contributed by atoms with Crippen LogP contribution >= 0.6 is 12.4 Å². The molecule has 1 amide bonds. The molecule has 0 aromatic carbocycles. The van der Waals surface area contributed by atoms with Gasteiger partial charge < -0.3 is 10.6 Å². The summed E-state index contributed by atoms with van der Waals surface area (Å²) in [4.78, 5) is 14.6. The molecular weight excluding hydrogens is 326 g/mol. The van der Waals surface area contributed by atoms with E-state index in [1.54, 1.807) is 0 Å². The lowest BCUT2D eigenvalue weighted by molar-refractivity contribution is -0.123. The van der Waals surface area contributed by atoms with Gasteiger partial charge in [0, 0.05) is 32.4 Å². The zero-order chi connectivity index (χ0) is 16.1. The van der Waals surface area contributed by atoms with Crippen molar-refractivity contribution in [3.63, 3.8) is 0 Å². The van der Waals surface area contributed by atoms with E-state index in [9.17, 15) is 4.79 Å². The maximum atomic E-state index is 12.1. The molecule has 1 aromatic rings. The van der Waals surface area contributed by atoms with Crippen molar-refractivity contribution in [2.75, 3.05) is 26.2 Å². The Morgan fingerprint density at radius 1 is 1.42 bits per heavy atom. The molecule has 2 aliphatic rings. The second kappa shape index (κ2) is 9.39. The number of likely N-dealkylation sites (tertiary alicyclic amines) is 1. The predicted octanol–water partition coefficient (Wildman–Crippen LogP) is 1.40. The summed E-state index contributed by atoms with van der Waals surface area (Å²) in [5, 5.41) is 10.8. The number of amides is 1. The number of rotatable bonds is 6. The Morgan fingerprint density at radius 2 is 2.29 bits per heavy atom. The van der Waals surface area contributed by atoms with Gasteiger partial charge in [-0.05, 0) is 57.7 Å². The fourth-order valence-electron chi connectivity index (χ4n) is 3.75. The first-order chi connectivity index (χ1) is 11.3. The van der Waals surface area contributed by atoms with Gasteiger partial charge in [0.05, 0.1) is 11.7 Å². The number of hydrogen-bond acceptors (Lipinski definition) is 4. The van der Waals surface area contributed by atoms with E-state index in [4.69, 9.17) is 0 Å². The van der Waals surface area contributed by atoms with Crippen LogP contribution in [0.25, 0.3) is 0 Å². The van der Waals surface area contributed by atoms with Crippen molar-refractivity contribution in [1.82, 2.24) is 25.3 Å². The van der Waals surface area contributed by atoms with Crippen molar-refractivity contribution in [3.05, 3.63) is 18.0 Å². The summed E-state index contributed by atoms with van der Waals surface area (Å²) in [7, 11) is 0. The summed E-state index contributed by atoms with van der Waals surface area (Å²) in [5.74, 6) is 0.746. The van der Waals surface area contributed by atoms with E-state index in [1.165, 1.54) is 18.5 Å². The SMILES string of the molecule is CCn1nccc1CN1CCCC(CNC(=O)C2CCCN2)C1.Cl. The lowest BCUT2D eigenvalue weighted by Crippen LogP contribution is -2.45. The number of piperidine rings is 1. The number of aryl methyl sites for hydroxylation is 1.